The number of nitrogens with one attached hydrogen (secondary N) is 1. The number of nitrogens with zero attached hydrogens (tertiary/aromatic N) is 2. The molecule has 0 aliphatic carbocycles. The fourth-order valence-corrected chi connectivity index (χ4v) is 1.61. The van der Waals surface area contributed by atoms with Crippen LogP contribution in [0.3, 0.4) is 0 Å². The normalized spacial score (nSPS) is 10.3. The molecule has 0 fully saturated rings. The van der Waals surface area contributed by atoms with Crippen molar-refractivity contribution < 1.29 is 9.59 Å². The van der Waals surface area contributed by atoms with Crippen LogP contribution in [0, 0.1) is 0 Å². The fraction of sp³-hybridized carbons (Fsp3) is 0.417. The lowest BCUT2D eigenvalue weighted by molar-refractivity contribution is -0.122. The number of likely N-dealkylation sites (N-methyl/N-ethyl adjacent to an activating group) is 1. The zero-order valence-corrected chi connectivity index (χ0v) is 11.4. The number of halogens is 1. The molecule has 0 aliphatic rings. The first-order chi connectivity index (χ1) is 8.41. The molecule has 98 valence electrons. The average molecular weight is 270 g/mol. The molecule has 1 N–H and O–H groups in total. The van der Waals surface area contributed by atoms with Crippen molar-refractivity contribution in [2.45, 2.75) is 19.9 Å². The number of carbonyl (C=O) groups is 2. The Kier molecular flexibility index (Phi) is 5.09. The monoisotopic (exact) mass is 269 g/mol. The van der Waals surface area contributed by atoms with Crippen molar-refractivity contribution in [3.63, 3.8) is 0 Å². The lowest BCUT2D eigenvalue weighted by atomic mass is 10.2. The molecule has 0 saturated heterocycles. The molecule has 1 aromatic rings. The highest BCUT2D eigenvalue weighted by molar-refractivity contribution is 6.33. The van der Waals surface area contributed by atoms with Crippen molar-refractivity contribution in [2.75, 3.05) is 13.6 Å². The minimum absolute atomic E-state index is 0.00430. The van der Waals surface area contributed by atoms with E-state index >= 15 is 0 Å². The minimum atomic E-state index is -0.304. The summed E-state index contributed by atoms with van der Waals surface area (Å²) >= 11 is 5.87. The highest BCUT2D eigenvalue weighted by Crippen LogP contribution is 2.14. The number of amides is 2. The van der Waals surface area contributed by atoms with Crippen molar-refractivity contribution in [3.05, 3.63) is 29.0 Å². The maximum absolute atomic E-state index is 12.0. The molecule has 0 radical (unpaired) electrons. The van der Waals surface area contributed by atoms with E-state index in [1.165, 1.54) is 23.4 Å². The van der Waals surface area contributed by atoms with Crippen molar-refractivity contribution in [1.82, 2.24) is 15.2 Å². The van der Waals surface area contributed by atoms with Gasteiger partial charge in [-0.1, -0.05) is 11.6 Å². The van der Waals surface area contributed by atoms with Gasteiger partial charge in [0.25, 0.3) is 5.91 Å². The Morgan fingerprint density at radius 1 is 1.50 bits per heavy atom. The maximum atomic E-state index is 12.0. The first kappa shape index (κ1) is 14.4. The van der Waals surface area contributed by atoms with Crippen molar-refractivity contribution >= 4 is 23.4 Å². The number of aromatic nitrogens is 1. The molecular formula is C12H16ClN3O2. The van der Waals surface area contributed by atoms with Crippen molar-refractivity contribution in [3.8, 4) is 0 Å². The molecule has 1 aromatic heterocycles. The molecule has 0 saturated carbocycles. The Balaban J connectivity index is 2.68. The lowest BCUT2D eigenvalue weighted by Gasteiger charge is -2.18. The second-order valence-corrected chi connectivity index (χ2v) is 4.65. The molecule has 0 aliphatic heterocycles. The summed E-state index contributed by atoms with van der Waals surface area (Å²) in [6, 6.07) is 1.58. The molecule has 0 spiro atoms. The number of hydrogen-bond donors (Lipinski definition) is 1. The molecule has 0 atom stereocenters. The van der Waals surface area contributed by atoms with E-state index in [-0.39, 0.29) is 29.4 Å². The Bertz CT molecular complexity index is 449. The third-order valence-electron chi connectivity index (χ3n) is 2.18. The van der Waals surface area contributed by atoms with Crippen LogP contribution in [0.1, 0.15) is 24.2 Å². The highest BCUT2D eigenvalue weighted by Gasteiger charge is 2.17. The van der Waals surface area contributed by atoms with E-state index in [0.29, 0.717) is 5.56 Å². The van der Waals surface area contributed by atoms with Gasteiger partial charge in [-0.05, 0) is 19.9 Å². The van der Waals surface area contributed by atoms with Crippen LogP contribution in [0.15, 0.2) is 18.5 Å². The fourth-order valence-electron chi connectivity index (χ4n) is 1.41. The van der Waals surface area contributed by atoms with Crippen LogP contribution < -0.4 is 5.32 Å². The standard InChI is InChI=1S/C12H16ClN3O2/c1-8(2)15-11(17)7-16(3)12(18)9-4-5-14-6-10(9)13/h4-6,8H,7H2,1-3H3,(H,15,17). The topological polar surface area (TPSA) is 62.3 Å². The largest absolute Gasteiger partial charge is 0.352 e. The second-order valence-electron chi connectivity index (χ2n) is 4.24. The van der Waals surface area contributed by atoms with Gasteiger partial charge < -0.3 is 10.2 Å². The van der Waals surface area contributed by atoms with Crippen molar-refractivity contribution in [2.24, 2.45) is 0 Å². The number of carbonyl (C=O) groups excluding carboxylic acids is 2. The summed E-state index contributed by atoms with van der Waals surface area (Å²) < 4.78 is 0. The van der Waals surface area contributed by atoms with Crippen LogP contribution in [-0.2, 0) is 4.79 Å². The molecule has 0 aromatic carbocycles. The van der Waals surface area contributed by atoms with Crippen LogP contribution in [-0.4, -0.2) is 41.3 Å². The van der Waals surface area contributed by atoms with E-state index < -0.39 is 0 Å². The van der Waals surface area contributed by atoms with Gasteiger partial charge in [-0.25, -0.2) is 0 Å². The zero-order chi connectivity index (χ0) is 13.7. The van der Waals surface area contributed by atoms with E-state index in [9.17, 15) is 9.59 Å². The SMILES string of the molecule is CC(C)NC(=O)CN(C)C(=O)c1ccncc1Cl. The molecule has 2 amide bonds. The number of hydrogen-bond acceptors (Lipinski definition) is 3. The molecule has 1 rings (SSSR count). The Hall–Kier alpha value is -1.62. The minimum Gasteiger partial charge on any atom is -0.352 e. The van der Waals surface area contributed by atoms with Crippen LogP contribution in [0.2, 0.25) is 5.02 Å². The van der Waals surface area contributed by atoms with Gasteiger partial charge in [0.15, 0.2) is 0 Å². The Morgan fingerprint density at radius 2 is 2.17 bits per heavy atom. The van der Waals surface area contributed by atoms with E-state index in [0.717, 1.165) is 0 Å². The molecular weight excluding hydrogens is 254 g/mol. The number of rotatable bonds is 4. The third-order valence-corrected chi connectivity index (χ3v) is 2.48. The zero-order valence-electron chi connectivity index (χ0n) is 10.6. The van der Waals surface area contributed by atoms with E-state index in [1.54, 1.807) is 7.05 Å². The second kappa shape index (κ2) is 6.35. The van der Waals surface area contributed by atoms with E-state index in [4.69, 9.17) is 11.6 Å². The average Bonchev–Trinajstić information content (AvgIpc) is 2.27. The van der Waals surface area contributed by atoms with E-state index in [1.807, 2.05) is 13.8 Å². The summed E-state index contributed by atoms with van der Waals surface area (Å²) in [7, 11) is 1.55. The summed E-state index contributed by atoms with van der Waals surface area (Å²) in [5.74, 6) is -0.507. The van der Waals surface area contributed by atoms with Gasteiger partial charge in [-0.2, -0.15) is 0 Å². The smallest absolute Gasteiger partial charge is 0.255 e. The van der Waals surface area contributed by atoms with Crippen LogP contribution in [0.25, 0.3) is 0 Å². The first-order valence-corrected chi connectivity index (χ1v) is 5.94. The lowest BCUT2D eigenvalue weighted by Crippen LogP contribution is -2.40. The van der Waals surface area contributed by atoms with Gasteiger partial charge in [0.05, 0.1) is 17.1 Å². The van der Waals surface area contributed by atoms with Gasteiger partial charge in [0.1, 0.15) is 0 Å². The van der Waals surface area contributed by atoms with E-state index in [2.05, 4.69) is 10.3 Å². The Labute approximate surface area is 111 Å². The summed E-state index contributed by atoms with van der Waals surface area (Å²) in [5, 5.41) is 2.99. The first-order valence-electron chi connectivity index (χ1n) is 5.56. The van der Waals surface area contributed by atoms with Gasteiger partial charge in [0, 0.05) is 25.5 Å². The maximum Gasteiger partial charge on any atom is 0.255 e. The molecule has 6 heteroatoms. The summed E-state index contributed by atoms with van der Waals surface area (Å²) in [5.41, 5.74) is 0.339. The van der Waals surface area contributed by atoms with Crippen LogP contribution in [0.5, 0.6) is 0 Å². The van der Waals surface area contributed by atoms with Crippen molar-refractivity contribution in [1.29, 1.82) is 0 Å². The highest BCUT2D eigenvalue weighted by atomic mass is 35.5. The molecule has 1 heterocycles. The Morgan fingerprint density at radius 3 is 2.72 bits per heavy atom. The van der Waals surface area contributed by atoms with Crippen LogP contribution >= 0.6 is 11.6 Å². The predicted molar refractivity (Wildman–Crippen MR) is 69.5 cm³/mol. The predicted octanol–water partition coefficient (Wildman–Crippen LogP) is 1.33. The molecule has 18 heavy (non-hydrogen) atoms. The van der Waals surface area contributed by atoms with Gasteiger partial charge in [-0.3, -0.25) is 14.6 Å². The molecule has 5 nitrogen and oxygen atoms in total. The summed E-state index contributed by atoms with van der Waals surface area (Å²) in [6.45, 7) is 3.72. The molecule has 0 unspecified atom stereocenters. The van der Waals surface area contributed by atoms with Gasteiger partial charge in [-0.15, -0.1) is 0 Å². The van der Waals surface area contributed by atoms with Crippen LogP contribution in [0.4, 0.5) is 0 Å². The summed E-state index contributed by atoms with van der Waals surface area (Å²) in [4.78, 5) is 28.7. The van der Waals surface area contributed by atoms with Gasteiger partial charge in [0.2, 0.25) is 5.91 Å². The quantitative estimate of drug-likeness (QED) is 0.897. The van der Waals surface area contributed by atoms with Gasteiger partial charge >= 0.3 is 0 Å². The molecule has 0 bridgehead atoms. The summed E-state index contributed by atoms with van der Waals surface area (Å²) in [6.07, 6.45) is 2.89. The number of pyridine rings is 1. The third kappa shape index (κ3) is 4.00.